The molecular formula is C14H21NO2. The molecule has 17 heavy (non-hydrogen) atoms. The van der Waals surface area contributed by atoms with Crippen molar-refractivity contribution < 1.29 is 9.90 Å². The third kappa shape index (κ3) is 3.07. The molecule has 1 N–H and O–H groups in total. The maximum Gasteiger partial charge on any atom is 0.254 e. The van der Waals surface area contributed by atoms with Crippen molar-refractivity contribution in [2.45, 2.75) is 27.2 Å². The molecule has 0 atom stereocenters. The van der Waals surface area contributed by atoms with Gasteiger partial charge < -0.3 is 10.0 Å². The van der Waals surface area contributed by atoms with E-state index in [-0.39, 0.29) is 12.5 Å². The van der Waals surface area contributed by atoms with Crippen LogP contribution in [0.4, 0.5) is 0 Å². The molecule has 94 valence electrons. The SMILES string of the molecule is CC.Cc1ccc2c(c1)C(=O)N(CCO)CC2. The molecule has 1 aromatic rings. The summed E-state index contributed by atoms with van der Waals surface area (Å²) in [5, 5.41) is 8.84. The monoisotopic (exact) mass is 235 g/mol. The van der Waals surface area contributed by atoms with Gasteiger partial charge in [-0.05, 0) is 25.0 Å². The molecule has 0 aliphatic carbocycles. The largest absolute Gasteiger partial charge is 0.395 e. The van der Waals surface area contributed by atoms with Crippen LogP contribution in [-0.2, 0) is 6.42 Å². The van der Waals surface area contributed by atoms with Crippen LogP contribution in [0.5, 0.6) is 0 Å². The molecule has 2 rings (SSSR count). The molecule has 0 aromatic heterocycles. The summed E-state index contributed by atoms with van der Waals surface area (Å²) in [5.74, 6) is 0.0500. The first-order valence-electron chi connectivity index (χ1n) is 6.22. The summed E-state index contributed by atoms with van der Waals surface area (Å²) in [6.07, 6.45) is 0.890. The van der Waals surface area contributed by atoms with Crippen molar-refractivity contribution in [3.63, 3.8) is 0 Å². The van der Waals surface area contributed by atoms with Gasteiger partial charge in [0.25, 0.3) is 5.91 Å². The lowest BCUT2D eigenvalue weighted by atomic mass is 9.97. The van der Waals surface area contributed by atoms with Gasteiger partial charge in [0.15, 0.2) is 0 Å². The summed E-state index contributed by atoms with van der Waals surface area (Å²) in [6, 6.07) is 5.99. The standard InChI is InChI=1S/C12H15NO2.C2H6/c1-9-2-3-10-4-5-13(6-7-14)12(15)11(10)8-9;1-2/h2-3,8,14H,4-7H2,1H3;1-2H3. The Labute approximate surface area is 103 Å². The zero-order valence-corrected chi connectivity index (χ0v) is 10.9. The second-order valence-corrected chi connectivity index (χ2v) is 3.93. The Balaban J connectivity index is 0.000000686. The highest BCUT2D eigenvalue weighted by molar-refractivity contribution is 5.96. The Bertz CT molecular complexity index is 388. The minimum Gasteiger partial charge on any atom is -0.395 e. The number of β-amino-alcohol motifs (C(OH)–C–C–N with tert-alkyl or cyclic N) is 1. The lowest BCUT2D eigenvalue weighted by Crippen LogP contribution is -2.39. The van der Waals surface area contributed by atoms with Gasteiger partial charge in [-0.1, -0.05) is 31.5 Å². The average Bonchev–Trinajstić information content (AvgIpc) is 2.36. The molecule has 3 nitrogen and oxygen atoms in total. The summed E-state index contributed by atoms with van der Waals surface area (Å²) in [5.41, 5.74) is 3.03. The molecule has 0 saturated carbocycles. The smallest absolute Gasteiger partial charge is 0.254 e. The predicted octanol–water partition coefficient (Wildman–Crippen LogP) is 2.01. The van der Waals surface area contributed by atoms with Gasteiger partial charge in [-0.15, -0.1) is 0 Å². The van der Waals surface area contributed by atoms with E-state index in [2.05, 4.69) is 0 Å². The van der Waals surface area contributed by atoms with E-state index in [0.717, 1.165) is 29.7 Å². The normalized spacial score (nSPS) is 13.9. The highest BCUT2D eigenvalue weighted by atomic mass is 16.3. The van der Waals surface area contributed by atoms with Gasteiger partial charge in [-0.3, -0.25) is 4.79 Å². The Morgan fingerprint density at radius 1 is 1.35 bits per heavy atom. The van der Waals surface area contributed by atoms with Crippen LogP contribution in [-0.4, -0.2) is 35.6 Å². The van der Waals surface area contributed by atoms with Crippen molar-refractivity contribution in [1.82, 2.24) is 4.90 Å². The number of nitrogens with zero attached hydrogens (tertiary/aromatic N) is 1. The lowest BCUT2D eigenvalue weighted by molar-refractivity contribution is 0.0705. The quantitative estimate of drug-likeness (QED) is 0.852. The molecule has 1 aliphatic rings. The number of carbonyl (C=O) groups is 1. The molecule has 0 fully saturated rings. The number of carbonyl (C=O) groups excluding carboxylic acids is 1. The van der Waals surface area contributed by atoms with Gasteiger partial charge in [0.2, 0.25) is 0 Å². The molecule has 1 heterocycles. The molecule has 3 heteroatoms. The Hall–Kier alpha value is -1.35. The fourth-order valence-corrected chi connectivity index (χ4v) is 1.97. The Morgan fingerprint density at radius 3 is 2.71 bits per heavy atom. The first-order valence-corrected chi connectivity index (χ1v) is 6.22. The number of aryl methyl sites for hydroxylation is 1. The van der Waals surface area contributed by atoms with Gasteiger partial charge in [-0.25, -0.2) is 0 Å². The number of fused-ring (bicyclic) bond motifs is 1. The van der Waals surface area contributed by atoms with E-state index in [4.69, 9.17) is 5.11 Å². The summed E-state index contributed by atoms with van der Waals surface area (Å²) in [4.78, 5) is 13.7. The fourth-order valence-electron chi connectivity index (χ4n) is 1.97. The van der Waals surface area contributed by atoms with Crippen molar-refractivity contribution in [3.8, 4) is 0 Å². The molecule has 0 spiro atoms. The maximum absolute atomic E-state index is 12.0. The third-order valence-electron chi connectivity index (χ3n) is 2.80. The predicted molar refractivity (Wildman–Crippen MR) is 69.2 cm³/mol. The van der Waals surface area contributed by atoms with Crippen molar-refractivity contribution in [1.29, 1.82) is 0 Å². The maximum atomic E-state index is 12.0. The Morgan fingerprint density at radius 2 is 2.06 bits per heavy atom. The molecule has 0 radical (unpaired) electrons. The zero-order chi connectivity index (χ0) is 12.8. The highest BCUT2D eigenvalue weighted by Gasteiger charge is 2.23. The number of aliphatic hydroxyl groups excluding tert-OH is 1. The summed E-state index contributed by atoms with van der Waals surface area (Å²) >= 11 is 0. The molecular weight excluding hydrogens is 214 g/mol. The van der Waals surface area contributed by atoms with Crippen molar-refractivity contribution in [2.75, 3.05) is 19.7 Å². The first kappa shape index (κ1) is 13.7. The summed E-state index contributed by atoms with van der Waals surface area (Å²) in [6.45, 7) is 7.17. The van der Waals surface area contributed by atoms with Crippen LogP contribution in [0.1, 0.15) is 35.3 Å². The first-order chi connectivity index (χ1) is 8.22. The van der Waals surface area contributed by atoms with Crippen LogP contribution in [0.3, 0.4) is 0 Å². The number of hydrogen-bond donors (Lipinski definition) is 1. The number of benzene rings is 1. The second kappa shape index (κ2) is 6.40. The van der Waals surface area contributed by atoms with E-state index in [1.807, 2.05) is 39.0 Å². The van der Waals surface area contributed by atoms with E-state index in [1.165, 1.54) is 0 Å². The molecule has 0 saturated heterocycles. The van der Waals surface area contributed by atoms with E-state index < -0.39 is 0 Å². The van der Waals surface area contributed by atoms with Gasteiger partial charge in [0.1, 0.15) is 0 Å². The van der Waals surface area contributed by atoms with E-state index in [9.17, 15) is 4.79 Å². The van der Waals surface area contributed by atoms with Crippen LogP contribution in [0, 0.1) is 6.92 Å². The zero-order valence-electron chi connectivity index (χ0n) is 10.9. The van der Waals surface area contributed by atoms with Gasteiger partial charge in [0.05, 0.1) is 6.61 Å². The van der Waals surface area contributed by atoms with Crippen LogP contribution in [0.25, 0.3) is 0 Å². The third-order valence-corrected chi connectivity index (χ3v) is 2.80. The fraction of sp³-hybridized carbons (Fsp3) is 0.500. The molecule has 1 amide bonds. The van der Waals surface area contributed by atoms with Crippen molar-refractivity contribution >= 4 is 5.91 Å². The molecule has 1 aliphatic heterocycles. The minimum atomic E-state index is 0.0346. The Kier molecular flexibility index (Phi) is 5.16. The lowest BCUT2D eigenvalue weighted by Gasteiger charge is -2.28. The van der Waals surface area contributed by atoms with E-state index >= 15 is 0 Å². The van der Waals surface area contributed by atoms with Crippen LogP contribution < -0.4 is 0 Å². The summed E-state index contributed by atoms with van der Waals surface area (Å²) < 4.78 is 0. The van der Waals surface area contributed by atoms with Crippen molar-refractivity contribution in [2.24, 2.45) is 0 Å². The van der Waals surface area contributed by atoms with Gasteiger partial charge >= 0.3 is 0 Å². The van der Waals surface area contributed by atoms with E-state index in [0.29, 0.717) is 6.54 Å². The average molecular weight is 235 g/mol. The number of hydrogen-bond acceptors (Lipinski definition) is 2. The van der Waals surface area contributed by atoms with E-state index in [1.54, 1.807) is 4.90 Å². The van der Waals surface area contributed by atoms with Crippen LogP contribution in [0.2, 0.25) is 0 Å². The minimum absolute atomic E-state index is 0.0346. The number of amides is 1. The summed E-state index contributed by atoms with van der Waals surface area (Å²) in [7, 11) is 0. The molecule has 0 unspecified atom stereocenters. The van der Waals surface area contributed by atoms with Gasteiger partial charge in [-0.2, -0.15) is 0 Å². The molecule has 1 aromatic carbocycles. The van der Waals surface area contributed by atoms with Crippen LogP contribution in [0.15, 0.2) is 18.2 Å². The van der Waals surface area contributed by atoms with Gasteiger partial charge in [0, 0.05) is 18.7 Å². The number of rotatable bonds is 2. The van der Waals surface area contributed by atoms with Crippen molar-refractivity contribution in [3.05, 3.63) is 34.9 Å². The topological polar surface area (TPSA) is 40.5 Å². The second-order valence-electron chi connectivity index (χ2n) is 3.93. The van der Waals surface area contributed by atoms with Crippen LogP contribution >= 0.6 is 0 Å². The molecule has 0 bridgehead atoms. The number of aliphatic hydroxyl groups is 1. The highest BCUT2D eigenvalue weighted by Crippen LogP contribution is 2.19.